The van der Waals surface area contributed by atoms with E-state index in [1.54, 1.807) is 18.2 Å². The van der Waals surface area contributed by atoms with E-state index in [-0.39, 0.29) is 18.4 Å². The van der Waals surface area contributed by atoms with Gasteiger partial charge in [0.25, 0.3) is 5.91 Å². The van der Waals surface area contributed by atoms with E-state index in [2.05, 4.69) is 21.2 Å². The number of hydrogen-bond acceptors (Lipinski definition) is 6. The number of benzene rings is 2. The van der Waals surface area contributed by atoms with Crippen LogP contribution in [0, 0.1) is 19.8 Å². The molecule has 0 aliphatic carbocycles. The Labute approximate surface area is 193 Å². The fraction of sp³-hybridized carbons (Fsp3) is 0.333. The van der Waals surface area contributed by atoms with Gasteiger partial charge >= 0.3 is 11.8 Å². The Bertz CT molecular complexity index is 1030. The first-order valence-corrected chi connectivity index (χ1v) is 10.5. The molecule has 0 bridgehead atoms. The number of hydrazone groups is 1. The predicted molar refractivity (Wildman–Crippen MR) is 127 cm³/mol. The maximum absolute atomic E-state index is 12.2. The Morgan fingerprint density at radius 3 is 2.42 bits per heavy atom. The largest absolute Gasteiger partial charge is 0.493 e. The lowest BCUT2D eigenvalue weighted by Gasteiger charge is -2.12. The lowest BCUT2D eigenvalue weighted by Crippen LogP contribution is -2.39. The molecule has 0 heterocycles. The number of ether oxygens (including phenoxy) is 2. The molecule has 3 N–H and O–H groups in total. The smallest absolute Gasteiger partial charge is 0.329 e. The highest BCUT2D eigenvalue weighted by atomic mass is 16.5. The zero-order valence-electron chi connectivity index (χ0n) is 19.5. The van der Waals surface area contributed by atoms with Gasteiger partial charge in [-0.3, -0.25) is 14.4 Å². The number of nitrogens with one attached hydrogen (secondary N) is 3. The summed E-state index contributed by atoms with van der Waals surface area (Å²) in [6.07, 6.45) is 1.37. The molecule has 0 aliphatic heterocycles. The summed E-state index contributed by atoms with van der Waals surface area (Å²) in [6, 6.07) is 10.6. The molecule has 0 saturated carbocycles. The van der Waals surface area contributed by atoms with Crippen LogP contribution in [0.5, 0.6) is 11.5 Å². The summed E-state index contributed by atoms with van der Waals surface area (Å²) >= 11 is 0. The van der Waals surface area contributed by atoms with Gasteiger partial charge in [0, 0.05) is 12.2 Å². The molecular formula is C24H30N4O5. The lowest BCUT2D eigenvalue weighted by atomic mass is 10.1. The summed E-state index contributed by atoms with van der Waals surface area (Å²) in [5.41, 5.74) is 5.70. The first-order chi connectivity index (χ1) is 15.7. The maximum Gasteiger partial charge on any atom is 0.329 e. The Morgan fingerprint density at radius 2 is 1.76 bits per heavy atom. The molecule has 0 spiro atoms. The van der Waals surface area contributed by atoms with E-state index in [1.165, 1.54) is 13.3 Å². The van der Waals surface area contributed by atoms with Gasteiger partial charge in [0.15, 0.2) is 18.1 Å². The Hall–Kier alpha value is -3.88. The molecular weight excluding hydrogens is 424 g/mol. The number of anilines is 1. The zero-order valence-corrected chi connectivity index (χ0v) is 19.5. The summed E-state index contributed by atoms with van der Waals surface area (Å²) in [7, 11) is 1.47. The average Bonchev–Trinajstić information content (AvgIpc) is 2.78. The molecule has 0 unspecified atom stereocenters. The Balaban J connectivity index is 1.91. The molecule has 0 saturated heterocycles. The summed E-state index contributed by atoms with van der Waals surface area (Å²) in [6.45, 7) is 8.03. The van der Waals surface area contributed by atoms with Crippen molar-refractivity contribution in [2.24, 2.45) is 11.0 Å². The predicted octanol–water partition coefficient (Wildman–Crippen LogP) is 2.55. The van der Waals surface area contributed by atoms with Gasteiger partial charge in [0.05, 0.1) is 13.3 Å². The highest BCUT2D eigenvalue weighted by molar-refractivity contribution is 6.35. The van der Waals surface area contributed by atoms with Gasteiger partial charge in [-0.15, -0.1) is 0 Å². The van der Waals surface area contributed by atoms with E-state index < -0.39 is 11.8 Å². The molecule has 0 aromatic heterocycles. The third-order valence-electron chi connectivity index (χ3n) is 4.59. The highest BCUT2D eigenvalue weighted by Gasteiger charge is 2.12. The van der Waals surface area contributed by atoms with Crippen molar-refractivity contribution in [3.8, 4) is 11.5 Å². The number of rotatable bonds is 9. The van der Waals surface area contributed by atoms with Gasteiger partial charge in [-0.05, 0) is 66.8 Å². The second kappa shape index (κ2) is 12.2. The van der Waals surface area contributed by atoms with Crippen LogP contribution in [0.25, 0.3) is 0 Å². The molecule has 9 nitrogen and oxygen atoms in total. The van der Waals surface area contributed by atoms with E-state index >= 15 is 0 Å². The Morgan fingerprint density at radius 1 is 1.00 bits per heavy atom. The highest BCUT2D eigenvalue weighted by Crippen LogP contribution is 2.27. The fourth-order valence-corrected chi connectivity index (χ4v) is 2.64. The SMILES string of the molecule is COc1cc(/C=N\NC(=O)C(=O)NCC(C)C)ccc1OCC(=O)Nc1ccc(C)c(C)c1. The third kappa shape index (κ3) is 8.29. The summed E-state index contributed by atoms with van der Waals surface area (Å²) in [4.78, 5) is 35.6. The standard InChI is InChI=1S/C24H30N4O5/c1-15(2)12-25-23(30)24(31)28-26-13-18-7-9-20(21(11-18)32-5)33-14-22(29)27-19-8-6-16(3)17(4)10-19/h6-11,13,15H,12,14H2,1-5H3,(H,25,30)(H,27,29)(H,28,31)/b26-13-. The van der Waals surface area contributed by atoms with Crippen LogP contribution in [0.2, 0.25) is 0 Å². The van der Waals surface area contributed by atoms with Crippen molar-refractivity contribution < 1.29 is 23.9 Å². The number of hydrogen-bond donors (Lipinski definition) is 3. The summed E-state index contributed by atoms with van der Waals surface area (Å²) < 4.78 is 10.9. The number of aryl methyl sites for hydroxylation is 2. The zero-order chi connectivity index (χ0) is 24.4. The van der Waals surface area contributed by atoms with Crippen molar-refractivity contribution in [1.29, 1.82) is 0 Å². The molecule has 9 heteroatoms. The van der Waals surface area contributed by atoms with Crippen LogP contribution in [0.4, 0.5) is 5.69 Å². The topological polar surface area (TPSA) is 118 Å². The molecule has 33 heavy (non-hydrogen) atoms. The number of nitrogens with zero attached hydrogens (tertiary/aromatic N) is 1. The van der Waals surface area contributed by atoms with Crippen molar-refractivity contribution in [2.75, 3.05) is 25.6 Å². The maximum atomic E-state index is 12.2. The van der Waals surface area contributed by atoms with Gasteiger partial charge in [-0.25, -0.2) is 5.43 Å². The quantitative estimate of drug-likeness (QED) is 0.306. The molecule has 2 aromatic carbocycles. The van der Waals surface area contributed by atoms with Gasteiger partial charge in [0.2, 0.25) is 0 Å². The number of carbonyl (C=O) groups is 3. The number of methoxy groups -OCH3 is 1. The van der Waals surface area contributed by atoms with Crippen LogP contribution >= 0.6 is 0 Å². The molecule has 0 fully saturated rings. The molecule has 0 aliphatic rings. The van der Waals surface area contributed by atoms with Crippen molar-refractivity contribution in [3.05, 3.63) is 53.1 Å². The van der Waals surface area contributed by atoms with Crippen LogP contribution in [0.3, 0.4) is 0 Å². The van der Waals surface area contributed by atoms with Crippen LogP contribution in [-0.2, 0) is 14.4 Å². The number of amides is 3. The van der Waals surface area contributed by atoms with Gasteiger partial charge in [-0.2, -0.15) is 5.10 Å². The van der Waals surface area contributed by atoms with Crippen LogP contribution < -0.4 is 25.5 Å². The lowest BCUT2D eigenvalue weighted by molar-refractivity contribution is -0.139. The second-order valence-electron chi connectivity index (χ2n) is 7.85. The monoisotopic (exact) mass is 454 g/mol. The van der Waals surface area contributed by atoms with Crippen LogP contribution in [-0.4, -0.2) is 44.2 Å². The first-order valence-electron chi connectivity index (χ1n) is 10.5. The molecule has 0 atom stereocenters. The minimum absolute atomic E-state index is 0.196. The molecule has 3 amide bonds. The minimum atomic E-state index is -0.853. The van der Waals surface area contributed by atoms with Crippen molar-refractivity contribution in [3.63, 3.8) is 0 Å². The summed E-state index contributed by atoms with van der Waals surface area (Å²) in [5, 5.41) is 9.08. The normalized spacial score (nSPS) is 10.7. The third-order valence-corrected chi connectivity index (χ3v) is 4.59. The van der Waals surface area contributed by atoms with Crippen molar-refractivity contribution in [2.45, 2.75) is 27.7 Å². The van der Waals surface area contributed by atoms with E-state index in [0.29, 0.717) is 29.3 Å². The van der Waals surface area contributed by atoms with Crippen molar-refractivity contribution in [1.82, 2.24) is 10.7 Å². The summed E-state index contributed by atoms with van der Waals surface area (Å²) in [5.74, 6) is -0.906. The molecule has 2 rings (SSSR count). The minimum Gasteiger partial charge on any atom is -0.493 e. The number of carbonyl (C=O) groups excluding carboxylic acids is 3. The average molecular weight is 455 g/mol. The fourth-order valence-electron chi connectivity index (χ4n) is 2.64. The van der Waals surface area contributed by atoms with Gasteiger partial charge < -0.3 is 20.1 Å². The van der Waals surface area contributed by atoms with Crippen molar-refractivity contribution >= 4 is 29.6 Å². The van der Waals surface area contributed by atoms with Gasteiger partial charge in [-0.1, -0.05) is 19.9 Å². The van der Waals surface area contributed by atoms with Crippen LogP contribution in [0.1, 0.15) is 30.5 Å². The van der Waals surface area contributed by atoms with Crippen LogP contribution in [0.15, 0.2) is 41.5 Å². The molecule has 0 radical (unpaired) electrons. The van der Waals surface area contributed by atoms with Gasteiger partial charge in [0.1, 0.15) is 0 Å². The molecule has 176 valence electrons. The van der Waals surface area contributed by atoms with E-state index in [0.717, 1.165) is 11.1 Å². The Kier molecular flexibility index (Phi) is 9.41. The van der Waals surface area contributed by atoms with E-state index in [9.17, 15) is 14.4 Å². The van der Waals surface area contributed by atoms with E-state index in [1.807, 2.05) is 45.9 Å². The second-order valence-corrected chi connectivity index (χ2v) is 7.85. The molecule has 2 aromatic rings. The first kappa shape index (κ1) is 25.4. The van der Waals surface area contributed by atoms with E-state index in [4.69, 9.17) is 9.47 Å².